The predicted octanol–water partition coefficient (Wildman–Crippen LogP) is 5.00. The van der Waals surface area contributed by atoms with Crippen molar-refractivity contribution in [3.8, 4) is 17.1 Å². The van der Waals surface area contributed by atoms with Crippen LogP contribution in [0.2, 0.25) is 5.02 Å². The van der Waals surface area contributed by atoms with Crippen molar-refractivity contribution in [1.29, 1.82) is 0 Å². The number of nitrogens with one attached hydrogen (secondary N) is 4. The second-order valence-corrected chi connectivity index (χ2v) is 8.78. The van der Waals surface area contributed by atoms with Crippen molar-refractivity contribution in [2.75, 3.05) is 17.2 Å². The van der Waals surface area contributed by atoms with Crippen LogP contribution in [0.5, 0.6) is 5.75 Å². The third-order valence-corrected chi connectivity index (χ3v) is 5.93. The van der Waals surface area contributed by atoms with Gasteiger partial charge in [0.15, 0.2) is 5.82 Å². The Kier molecular flexibility index (Phi) is 6.96. The molecule has 0 aliphatic rings. The fraction of sp³-hybridized carbons (Fsp3) is 0.111. The lowest BCUT2D eigenvalue weighted by Crippen LogP contribution is -2.15. The van der Waals surface area contributed by atoms with E-state index in [1.54, 1.807) is 36.4 Å². The van der Waals surface area contributed by atoms with Gasteiger partial charge in [-0.1, -0.05) is 41.0 Å². The first-order chi connectivity index (χ1) is 18.4. The number of H-pyrrole nitrogens is 2. The summed E-state index contributed by atoms with van der Waals surface area (Å²) in [4.78, 5) is 42.8. The summed E-state index contributed by atoms with van der Waals surface area (Å²) < 4.78 is 10.0. The number of hydrogen-bond acceptors (Lipinski definition) is 6. The largest absolute Gasteiger partial charge is 0.494 e. The zero-order chi connectivity index (χ0) is 26.6. The number of aromatic amines is 2. The van der Waals surface area contributed by atoms with Crippen LogP contribution in [0.15, 0.2) is 76.0 Å². The van der Waals surface area contributed by atoms with Crippen LogP contribution in [0.3, 0.4) is 0 Å². The molecule has 2 aromatic heterocycles. The summed E-state index contributed by atoms with van der Waals surface area (Å²) in [6, 6.07) is 19.2. The Labute approximate surface area is 221 Å². The van der Waals surface area contributed by atoms with Crippen molar-refractivity contribution < 1.29 is 18.8 Å². The molecule has 10 nitrogen and oxygen atoms in total. The summed E-state index contributed by atoms with van der Waals surface area (Å²) in [5, 5.41) is 10.5. The molecule has 38 heavy (non-hydrogen) atoms. The number of benzene rings is 3. The van der Waals surface area contributed by atoms with E-state index in [0.29, 0.717) is 34.1 Å². The molecule has 0 saturated carbocycles. The SMILES string of the molecule is CCOc1ccc(CC(=O)Nc2cccc3cc(C(=O)Nc4ccc(Cl)cc4-c4noc(=O)[nH]4)[nH]c23)cc1. The van der Waals surface area contributed by atoms with Crippen molar-refractivity contribution in [3.63, 3.8) is 0 Å². The van der Waals surface area contributed by atoms with Crippen LogP contribution in [-0.4, -0.2) is 33.5 Å². The van der Waals surface area contributed by atoms with Crippen LogP contribution < -0.4 is 21.1 Å². The van der Waals surface area contributed by atoms with E-state index in [1.807, 2.05) is 37.3 Å². The highest BCUT2D eigenvalue weighted by Crippen LogP contribution is 2.29. The maximum Gasteiger partial charge on any atom is 0.439 e. The number of ether oxygens (including phenoxy) is 1. The number of halogens is 1. The predicted molar refractivity (Wildman–Crippen MR) is 144 cm³/mol. The van der Waals surface area contributed by atoms with Crippen LogP contribution in [0.1, 0.15) is 23.0 Å². The average molecular weight is 532 g/mol. The summed E-state index contributed by atoms with van der Waals surface area (Å²) in [7, 11) is 0. The zero-order valence-corrected chi connectivity index (χ0v) is 20.9. The third kappa shape index (κ3) is 5.45. The number of aromatic nitrogens is 3. The van der Waals surface area contributed by atoms with E-state index in [9.17, 15) is 14.4 Å². The highest BCUT2D eigenvalue weighted by atomic mass is 35.5. The Balaban J connectivity index is 1.34. The Morgan fingerprint density at radius 2 is 1.82 bits per heavy atom. The molecule has 2 amide bonds. The normalized spacial score (nSPS) is 10.9. The first kappa shape index (κ1) is 24.8. The molecule has 2 heterocycles. The van der Waals surface area contributed by atoms with Gasteiger partial charge >= 0.3 is 5.76 Å². The van der Waals surface area contributed by atoms with Gasteiger partial charge in [-0.2, -0.15) is 0 Å². The molecule has 0 unspecified atom stereocenters. The highest BCUT2D eigenvalue weighted by molar-refractivity contribution is 6.31. The minimum absolute atomic E-state index is 0.127. The average Bonchev–Trinajstić information content (AvgIpc) is 3.53. The van der Waals surface area contributed by atoms with Gasteiger partial charge in [-0.15, -0.1) is 0 Å². The Morgan fingerprint density at radius 3 is 2.55 bits per heavy atom. The lowest BCUT2D eigenvalue weighted by molar-refractivity contribution is -0.115. The van der Waals surface area contributed by atoms with Gasteiger partial charge in [0.2, 0.25) is 5.91 Å². The molecule has 3 aromatic carbocycles. The summed E-state index contributed by atoms with van der Waals surface area (Å²) in [6.45, 7) is 2.48. The number of anilines is 2. The van der Waals surface area contributed by atoms with E-state index in [4.69, 9.17) is 16.3 Å². The topological polar surface area (TPSA) is 142 Å². The molecule has 0 bridgehead atoms. The van der Waals surface area contributed by atoms with Crippen LogP contribution in [-0.2, 0) is 11.2 Å². The maximum absolute atomic E-state index is 13.1. The molecule has 0 aliphatic carbocycles. The second-order valence-electron chi connectivity index (χ2n) is 8.34. The first-order valence-corrected chi connectivity index (χ1v) is 12.1. The van der Waals surface area contributed by atoms with E-state index < -0.39 is 11.7 Å². The molecular formula is C27H22ClN5O5. The first-order valence-electron chi connectivity index (χ1n) is 11.7. The van der Waals surface area contributed by atoms with Crippen molar-refractivity contribution >= 4 is 45.7 Å². The van der Waals surface area contributed by atoms with Crippen LogP contribution in [0.4, 0.5) is 11.4 Å². The molecule has 0 aliphatic heterocycles. The molecule has 0 radical (unpaired) electrons. The van der Waals surface area contributed by atoms with Gasteiger partial charge in [-0.3, -0.25) is 19.1 Å². The summed E-state index contributed by atoms with van der Waals surface area (Å²) in [5.74, 6) is -0.498. The van der Waals surface area contributed by atoms with Crippen molar-refractivity contribution in [2.24, 2.45) is 0 Å². The Bertz CT molecular complexity index is 1690. The van der Waals surface area contributed by atoms with E-state index in [-0.39, 0.29) is 23.8 Å². The lowest BCUT2D eigenvalue weighted by Gasteiger charge is -2.09. The molecule has 0 fully saturated rings. The molecule has 4 N–H and O–H groups in total. The minimum Gasteiger partial charge on any atom is -0.494 e. The van der Waals surface area contributed by atoms with Gasteiger partial charge in [0.25, 0.3) is 5.91 Å². The number of amides is 2. The number of nitrogens with zero attached hydrogens (tertiary/aromatic N) is 1. The van der Waals surface area contributed by atoms with E-state index in [2.05, 4.69) is 30.3 Å². The summed E-state index contributed by atoms with van der Waals surface area (Å²) in [5.41, 5.74) is 3.01. The molecule has 0 spiro atoms. The molecule has 0 atom stereocenters. The van der Waals surface area contributed by atoms with Gasteiger partial charge in [0.1, 0.15) is 11.4 Å². The number of hydrogen-bond donors (Lipinski definition) is 4. The number of carbonyl (C=O) groups excluding carboxylic acids is 2. The molecular weight excluding hydrogens is 510 g/mol. The van der Waals surface area contributed by atoms with Crippen molar-refractivity contribution in [2.45, 2.75) is 13.3 Å². The van der Waals surface area contributed by atoms with Crippen molar-refractivity contribution in [3.05, 3.63) is 93.6 Å². The molecule has 5 rings (SSSR count). The second kappa shape index (κ2) is 10.7. The number of fused-ring (bicyclic) bond motifs is 1. The maximum atomic E-state index is 13.1. The lowest BCUT2D eigenvalue weighted by atomic mass is 10.1. The quantitative estimate of drug-likeness (QED) is 0.222. The van der Waals surface area contributed by atoms with Gasteiger partial charge in [0.05, 0.1) is 29.9 Å². The van der Waals surface area contributed by atoms with Crippen molar-refractivity contribution in [1.82, 2.24) is 15.1 Å². The monoisotopic (exact) mass is 531 g/mol. The van der Waals surface area contributed by atoms with Crippen LogP contribution in [0, 0.1) is 0 Å². The fourth-order valence-electron chi connectivity index (χ4n) is 3.99. The molecule has 192 valence electrons. The van der Waals surface area contributed by atoms with E-state index in [0.717, 1.165) is 16.7 Å². The smallest absolute Gasteiger partial charge is 0.439 e. The Morgan fingerprint density at radius 1 is 1.00 bits per heavy atom. The van der Waals surface area contributed by atoms with E-state index in [1.165, 1.54) is 0 Å². The highest BCUT2D eigenvalue weighted by Gasteiger charge is 2.17. The standard InChI is InChI=1S/C27H22ClN5O5/c1-2-37-18-9-6-15(7-10-18)12-23(34)29-21-5-3-4-16-13-22(30-24(16)21)26(35)31-20-11-8-17(28)14-19(20)25-32-27(36)38-33-25/h3-11,13-14,30H,2,12H2,1H3,(H,29,34)(H,31,35)(H,32,33,36). The zero-order valence-electron chi connectivity index (χ0n) is 20.1. The fourth-order valence-corrected chi connectivity index (χ4v) is 4.16. The van der Waals surface area contributed by atoms with E-state index >= 15 is 0 Å². The van der Waals surface area contributed by atoms with Gasteiger partial charge in [-0.05, 0) is 55.0 Å². The van der Waals surface area contributed by atoms with Gasteiger partial charge in [-0.25, -0.2) is 4.79 Å². The third-order valence-electron chi connectivity index (χ3n) is 5.70. The number of carbonyl (C=O) groups is 2. The molecule has 5 aromatic rings. The summed E-state index contributed by atoms with van der Waals surface area (Å²) >= 11 is 6.10. The van der Waals surface area contributed by atoms with Gasteiger partial charge < -0.3 is 20.4 Å². The van der Waals surface area contributed by atoms with Crippen LogP contribution in [0.25, 0.3) is 22.3 Å². The number of rotatable bonds is 8. The number of para-hydroxylation sites is 1. The minimum atomic E-state index is -0.732. The molecule has 0 saturated heterocycles. The van der Waals surface area contributed by atoms with Gasteiger partial charge in [0, 0.05) is 16.0 Å². The molecule has 11 heteroatoms. The Hall–Kier alpha value is -4.83. The van der Waals surface area contributed by atoms with Crippen LogP contribution >= 0.6 is 11.6 Å². The summed E-state index contributed by atoms with van der Waals surface area (Å²) in [6.07, 6.45) is 0.181.